The highest BCUT2D eigenvalue weighted by Gasteiger charge is 2.14. The fourth-order valence-corrected chi connectivity index (χ4v) is 0.653. The second-order valence-electron chi connectivity index (χ2n) is 1.90. The lowest BCUT2D eigenvalue weighted by Crippen LogP contribution is -2.03. The van der Waals surface area contributed by atoms with Crippen LogP contribution in [0.2, 0.25) is 0 Å². The first-order valence-electron chi connectivity index (χ1n) is 2.81. The van der Waals surface area contributed by atoms with Gasteiger partial charge in [-0.2, -0.15) is 0 Å². The number of pyridine rings is 1. The third kappa shape index (κ3) is 1.36. The molecule has 11 heavy (non-hydrogen) atoms. The number of rotatable bonds is 1. The van der Waals surface area contributed by atoms with E-state index in [1.54, 1.807) is 0 Å². The van der Waals surface area contributed by atoms with Crippen molar-refractivity contribution in [1.82, 2.24) is 4.98 Å². The molecule has 0 bridgehead atoms. The summed E-state index contributed by atoms with van der Waals surface area (Å²) in [6.07, 6.45) is -1.80. The third-order valence-electron chi connectivity index (χ3n) is 1.18. The van der Waals surface area contributed by atoms with E-state index in [0.717, 1.165) is 12.3 Å². The third-order valence-corrected chi connectivity index (χ3v) is 1.18. The Bertz CT molecular complexity index is 308. The van der Waals surface area contributed by atoms with Crippen molar-refractivity contribution < 1.29 is 13.9 Å². The highest BCUT2D eigenvalue weighted by atomic mass is 19.3. The van der Waals surface area contributed by atoms with Crippen molar-refractivity contribution in [2.75, 3.05) is 0 Å². The summed E-state index contributed by atoms with van der Waals surface area (Å²) in [5.41, 5.74) is -1.54. The zero-order valence-corrected chi connectivity index (χ0v) is 5.34. The minimum atomic E-state index is -2.86. The number of halogens is 2. The van der Waals surface area contributed by atoms with Gasteiger partial charge < -0.3 is 10.1 Å². The van der Waals surface area contributed by atoms with Crippen LogP contribution in [0.25, 0.3) is 0 Å². The van der Waals surface area contributed by atoms with Crippen molar-refractivity contribution in [2.24, 2.45) is 0 Å². The molecule has 0 aromatic carbocycles. The molecular weight excluding hydrogens is 156 g/mol. The van der Waals surface area contributed by atoms with E-state index in [1.807, 2.05) is 0 Å². The molecule has 0 aliphatic carbocycles. The summed E-state index contributed by atoms with van der Waals surface area (Å²) in [5, 5.41) is 8.74. The van der Waals surface area contributed by atoms with E-state index in [2.05, 4.69) is 4.98 Å². The summed E-state index contributed by atoms with van der Waals surface area (Å²) in [6.45, 7) is 0. The molecule has 1 rings (SSSR count). The summed E-state index contributed by atoms with van der Waals surface area (Å²) < 4.78 is 23.8. The molecule has 0 atom stereocenters. The fourth-order valence-electron chi connectivity index (χ4n) is 0.653. The predicted octanol–water partition coefficient (Wildman–Crippen LogP) is 1.02. The van der Waals surface area contributed by atoms with E-state index in [4.69, 9.17) is 5.11 Å². The molecule has 1 heterocycles. The Balaban J connectivity index is 3.28. The molecule has 0 radical (unpaired) electrons. The largest absolute Gasteiger partial charge is 0.503 e. The molecule has 1 aromatic heterocycles. The van der Waals surface area contributed by atoms with Crippen molar-refractivity contribution in [3.05, 3.63) is 28.2 Å². The topological polar surface area (TPSA) is 53.1 Å². The molecule has 0 aliphatic rings. The van der Waals surface area contributed by atoms with Crippen LogP contribution >= 0.6 is 0 Å². The number of alkyl halides is 2. The monoisotopic (exact) mass is 161 g/mol. The molecule has 0 aliphatic heterocycles. The number of hydrogen-bond donors (Lipinski definition) is 2. The molecule has 2 N–H and O–H groups in total. The normalized spacial score (nSPS) is 10.5. The molecule has 0 unspecified atom stereocenters. The lowest BCUT2D eigenvalue weighted by Gasteiger charge is -1.99. The van der Waals surface area contributed by atoms with Gasteiger partial charge in [-0.25, -0.2) is 8.78 Å². The van der Waals surface area contributed by atoms with E-state index in [-0.39, 0.29) is 0 Å². The average molecular weight is 161 g/mol. The van der Waals surface area contributed by atoms with Crippen molar-refractivity contribution in [3.63, 3.8) is 0 Å². The van der Waals surface area contributed by atoms with Gasteiger partial charge >= 0.3 is 0 Å². The summed E-state index contributed by atoms with van der Waals surface area (Å²) in [4.78, 5) is 12.6. The number of H-pyrrole nitrogens is 1. The van der Waals surface area contributed by atoms with Crippen LogP contribution in [0.3, 0.4) is 0 Å². The Morgan fingerprint density at radius 1 is 1.55 bits per heavy atom. The molecule has 3 nitrogen and oxygen atoms in total. The first-order chi connectivity index (χ1) is 5.13. The van der Waals surface area contributed by atoms with Gasteiger partial charge in [0.05, 0.1) is 0 Å². The van der Waals surface area contributed by atoms with E-state index in [0.29, 0.717) is 0 Å². The minimum Gasteiger partial charge on any atom is -0.503 e. The zero-order chi connectivity index (χ0) is 8.43. The van der Waals surface area contributed by atoms with Crippen LogP contribution in [0.1, 0.15) is 12.1 Å². The van der Waals surface area contributed by atoms with Crippen molar-refractivity contribution in [2.45, 2.75) is 6.43 Å². The number of aromatic hydroxyl groups is 1. The van der Waals surface area contributed by atoms with Gasteiger partial charge in [-0.15, -0.1) is 0 Å². The van der Waals surface area contributed by atoms with Crippen LogP contribution in [0.4, 0.5) is 8.78 Å². The van der Waals surface area contributed by atoms with Crippen LogP contribution in [-0.4, -0.2) is 10.1 Å². The molecule has 0 spiro atoms. The molecule has 0 saturated carbocycles. The van der Waals surface area contributed by atoms with Gasteiger partial charge in [-0.3, -0.25) is 4.79 Å². The lowest BCUT2D eigenvalue weighted by molar-refractivity contribution is 0.141. The maximum atomic E-state index is 11.9. The zero-order valence-electron chi connectivity index (χ0n) is 5.34. The molecule has 60 valence electrons. The predicted molar refractivity (Wildman–Crippen MR) is 33.7 cm³/mol. The minimum absolute atomic E-state index is 0.738. The standard InChI is InChI=1S/C6H5F2NO2/c7-6(8)4-5(11)3(10)1-2-9-4/h1-2,6,11H,(H,9,10). The number of aromatic nitrogens is 1. The molecule has 1 aromatic rings. The maximum absolute atomic E-state index is 11.9. The molecular formula is C6H5F2NO2. The first-order valence-corrected chi connectivity index (χ1v) is 2.81. The van der Waals surface area contributed by atoms with Gasteiger partial charge in [0.1, 0.15) is 5.69 Å². The van der Waals surface area contributed by atoms with Crippen LogP contribution < -0.4 is 5.43 Å². The van der Waals surface area contributed by atoms with Crippen LogP contribution in [0.15, 0.2) is 17.1 Å². The van der Waals surface area contributed by atoms with Gasteiger partial charge in [0.2, 0.25) is 5.43 Å². The van der Waals surface area contributed by atoms with E-state index in [1.165, 1.54) is 0 Å². The highest BCUT2D eigenvalue weighted by Crippen LogP contribution is 2.21. The van der Waals surface area contributed by atoms with Gasteiger partial charge in [0, 0.05) is 12.3 Å². The van der Waals surface area contributed by atoms with E-state index in [9.17, 15) is 13.6 Å². The highest BCUT2D eigenvalue weighted by molar-refractivity contribution is 5.25. The summed E-state index contributed by atoms with van der Waals surface area (Å²) in [5.74, 6) is -0.914. The number of nitrogens with one attached hydrogen (secondary N) is 1. The Hall–Kier alpha value is -1.39. The van der Waals surface area contributed by atoms with Crippen molar-refractivity contribution in [1.29, 1.82) is 0 Å². The van der Waals surface area contributed by atoms with Crippen molar-refractivity contribution >= 4 is 0 Å². The van der Waals surface area contributed by atoms with Crippen molar-refractivity contribution in [3.8, 4) is 5.75 Å². The number of hydrogen-bond acceptors (Lipinski definition) is 2. The van der Waals surface area contributed by atoms with Crippen LogP contribution in [-0.2, 0) is 0 Å². The second-order valence-corrected chi connectivity index (χ2v) is 1.90. The molecule has 5 heteroatoms. The SMILES string of the molecule is O=c1cc[nH]c(C(F)F)c1O. The lowest BCUT2D eigenvalue weighted by atomic mass is 10.3. The summed E-state index contributed by atoms with van der Waals surface area (Å²) >= 11 is 0. The summed E-state index contributed by atoms with van der Waals surface area (Å²) in [7, 11) is 0. The van der Waals surface area contributed by atoms with Gasteiger partial charge in [-0.05, 0) is 0 Å². The molecule has 0 amide bonds. The van der Waals surface area contributed by atoms with Gasteiger partial charge in [0.15, 0.2) is 5.75 Å². The fraction of sp³-hybridized carbons (Fsp3) is 0.167. The molecule has 0 fully saturated rings. The Morgan fingerprint density at radius 3 is 2.64 bits per heavy atom. The quantitative estimate of drug-likeness (QED) is 0.646. The summed E-state index contributed by atoms with van der Waals surface area (Å²) in [6, 6.07) is 0.973. The second kappa shape index (κ2) is 2.69. The maximum Gasteiger partial charge on any atom is 0.282 e. The van der Waals surface area contributed by atoms with E-state index >= 15 is 0 Å². The molecule has 0 saturated heterocycles. The van der Waals surface area contributed by atoms with E-state index < -0.39 is 23.3 Å². The van der Waals surface area contributed by atoms with Crippen LogP contribution in [0, 0.1) is 0 Å². The van der Waals surface area contributed by atoms with Gasteiger partial charge in [-0.1, -0.05) is 0 Å². The average Bonchev–Trinajstić information content (AvgIpc) is 1.94. The Labute approximate surface area is 60.3 Å². The smallest absolute Gasteiger partial charge is 0.282 e. The first kappa shape index (κ1) is 7.71. The van der Waals surface area contributed by atoms with Crippen LogP contribution in [0.5, 0.6) is 5.75 Å². The Morgan fingerprint density at radius 2 is 2.18 bits per heavy atom. The van der Waals surface area contributed by atoms with Gasteiger partial charge in [0.25, 0.3) is 6.43 Å². The Kier molecular flexibility index (Phi) is 1.89. The number of aromatic amines is 1.